The summed E-state index contributed by atoms with van der Waals surface area (Å²) in [5.74, 6) is -6.56. The number of rotatable bonds is 21. The van der Waals surface area contributed by atoms with Crippen LogP contribution in [0.3, 0.4) is 0 Å². The van der Waals surface area contributed by atoms with Gasteiger partial charge >= 0.3 is 0 Å². The van der Waals surface area contributed by atoms with Crippen LogP contribution in [0.15, 0.2) is 133 Å². The van der Waals surface area contributed by atoms with Crippen LogP contribution >= 0.6 is 0 Å². The Labute approximate surface area is 453 Å². The van der Waals surface area contributed by atoms with Crippen LogP contribution in [-0.4, -0.2) is 137 Å². The van der Waals surface area contributed by atoms with Gasteiger partial charge in [-0.15, -0.1) is 0 Å². The van der Waals surface area contributed by atoms with Crippen LogP contribution in [0, 0.1) is 17.6 Å². The predicted molar refractivity (Wildman–Crippen MR) is 294 cm³/mol. The second-order valence-electron chi connectivity index (χ2n) is 20.5. The molecule has 0 bridgehead atoms. The van der Waals surface area contributed by atoms with Crippen molar-refractivity contribution in [1.82, 2.24) is 30.0 Å². The number of hydrazine groups is 1. The maximum Gasteiger partial charge on any atom is 0.263 e. The molecule has 8 rings (SSSR count). The third-order valence-corrected chi connectivity index (χ3v) is 15.3. The predicted octanol–water partition coefficient (Wildman–Crippen LogP) is 6.86. The second kappa shape index (κ2) is 25.7. The van der Waals surface area contributed by atoms with Crippen molar-refractivity contribution in [2.75, 3.05) is 46.4 Å². The Kier molecular flexibility index (Phi) is 18.6. The fourth-order valence-corrected chi connectivity index (χ4v) is 11.3. The van der Waals surface area contributed by atoms with Crippen molar-refractivity contribution in [3.05, 3.63) is 167 Å². The normalized spacial score (nSPS) is 17.9. The molecule has 0 spiro atoms. The van der Waals surface area contributed by atoms with Crippen LogP contribution in [0.5, 0.6) is 0 Å². The molecule has 2 aliphatic heterocycles. The van der Waals surface area contributed by atoms with Crippen LogP contribution in [0.4, 0.5) is 13.2 Å². The van der Waals surface area contributed by atoms with Gasteiger partial charge in [0.1, 0.15) is 36.4 Å². The third-order valence-electron chi connectivity index (χ3n) is 15.3. The first-order valence-electron chi connectivity index (χ1n) is 26.9. The molecule has 410 valence electrons. The van der Waals surface area contributed by atoms with Crippen LogP contribution in [0.2, 0.25) is 0 Å². The highest BCUT2D eigenvalue weighted by Gasteiger charge is 2.50. The zero-order valence-electron chi connectivity index (χ0n) is 44.4. The monoisotopic (exact) mass is 1070 g/mol. The van der Waals surface area contributed by atoms with Crippen LogP contribution < -0.4 is 16.8 Å². The zero-order valence-corrected chi connectivity index (χ0v) is 44.4. The number of benzene rings is 6. The summed E-state index contributed by atoms with van der Waals surface area (Å²) in [5.41, 5.74) is 15.6. The molecule has 0 radical (unpaired) electrons. The lowest BCUT2D eigenvalue weighted by Gasteiger charge is -2.48. The molecule has 7 unspecified atom stereocenters. The number of nitrogens with one attached hydrogen (secondary N) is 1. The molecule has 6 aromatic rings. The quantitative estimate of drug-likeness (QED) is 0.0699. The van der Waals surface area contributed by atoms with Crippen LogP contribution in [0.1, 0.15) is 67.7 Å². The Morgan fingerprint density at radius 3 is 1.64 bits per heavy atom. The first-order chi connectivity index (χ1) is 37.6. The topological polar surface area (TPSA) is 183 Å². The van der Waals surface area contributed by atoms with Crippen molar-refractivity contribution in [3.63, 3.8) is 0 Å². The molecular formula is C61H69F3N8O6. The molecule has 0 aliphatic carbocycles. The summed E-state index contributed by atoms with van der Waals surface area (Å²) in [5, 5.41) is 8.82. The van der Waals surface area contributed by atoms with Gasteiger partial charge in [0.2, 0.25) is 29.5 Å². The molecule has 2 fully saturated rings. The Hall–Kier alpha value is -7.63. The minimum Gasteiger partial charge on any atom is -0.352 e. The SMILES string of the molecule is CCCC1C(=O)N(C(C(=O)NCCF)C(c2ccc3ccccc3c2)C(Cc2ccc3ccccc3c2)C(=O)N(C)N2CCN(C(=O)C(N)Cc3ccc(F)cc3)C(CCC)C2=O)CCN1C(=O)C(N)Cc1ccc(F)cc1. The smallest absolute Gasteiger partial charge is 0.263 e. The average Bonchev–Trinajstić information content (AvgIpc) is 3.51. The number of carbonyl (C=O) groups is 6. The Bertz CT molecular complexity index is 3110. The van der Waals surface area contributed by atoms with E-state index in [0.29, 0.717) is 29.5 Å². The van der Waals surface area contributed by atoms with Crippen molar-refractivity contribution >= 4 is 57.0 Å². The van der Waals surface area contributed by atoms with E-state index in [1.54, 1.807) is 24.3 Å². The lowest BCUT2D eigenvalue weighted by atomic mass is 9.75. The number of nitrogens with two attached hydrogens (primary N) is 2. The number of piperazine rings is 2. The molecule has 78 heavy (non-hydrogen) atoms. The van der Waals surface area contributed by atoms with Crippen molar-refractivity contribution in [2.45, 2.75) is 94.9 Å². The zero-order chi connectivity index (χ0) is 55.6. The van der Waals surface area contributed by atoms with Gasteiger partial charge in [-0.05, 0) is 100 Å². The highest BCUT2D eigenvalue weighted by Crippen LogP contribution is 2.39. The van der Waals surface area contributed by atoms with Crippen LogP contribution in [0.25, 0.3) is 21.5 Å². The molecule has 6 amide bonds. The maximum absolute atomic E-state index is 16.1. The Morgan fingerprint density at radius 1 is 0.615 bits per heavy atom. The molecular weight excluding hydrogens is 998 g/mol. The molecule has 2 heterocycles. The summed E-state index contributed by atoms with van der Waals surface area (Å²) in [6, 6.07) is 32.4. The summed E-state index contributed by atoms with van der Waals surface area (Å²) in [6.45, 7) is 2.20. The molecule has 7 atom stereocenters. The van der Waals surface area contributed by atoms with Gasteiger partial charge in [0.15, 0.2) is 0 Å². The van der Waals surface area contributed by atoms with Gasteiger partial charge in [0.25, 0.3) is 5.91 Å². The highest BCUT2D eigenvalue weighted by atomic mass is 19.1. The van der Waals surface area contributed by atoms with E-state index in [-0.39, 0.29) is 58.3 Å². The number of hydrogen-bond donors (Lipinski definition) is 3. The molecule has 17 heteroatoms. The lowest BCUT2D eigenvalue weighted by molar-refractivity contribution is -0.176. The summed E-state index contributed by atoms with van der Waals surface area (Å²) in [4.78, 5) is 94.6. The standard InChI is InChI=1S/C61H69F3N8O6/c1-4-10-52-60(77)71(31-30-69(52)58(75)50(65)36-39-17-24-47(63)25-18-39)55(56(73)67-29-28-62)54(46-23-22-43-13-7-9-15-45(43)38-46)49(35-41-16-21-42-12-6-8-14-44(42)34-41)57(74)68(3)72-33-32-70(53(11-5-2)61(72)78)59(76)51(66)37-40-19-26-48(64)27-20-40/h6-9,12-27,34,38,49-55H,4-5,10-11,28-33,35-37,65-66H2,1-3H3,(H,67,73). The number of nitrogens with zero attached hydrogens (tertiary/aromatic N) is 5. The number of alkyl halides is 1. The van der Waals surface area contributed by atoms with E-state index in [2.05, 4.69) is 5.32 Å². The molecule has 0 saturated carbocycles. The summed E-state index contributed by atoms with van der Waals surface area (Å²) in [7, 11) is 1.49. The van der Waals surface area contributed by atoms with Crippen molar-refractivity contribution < 1.29 is 41.9 Å². The van der Waals surface area contributed by atoms with E-state index < -0.39 is 102 Å². The van der Waals surface area contributed by atoms with Crippen LogP contribution in [-0.2, 0) is 48.0 Å². The molecule has 2 aliphatic rings. The molecule has 2 saturated heterocycles. The van der Waals surface area contributed by atoms with Gasteiger partial charge in [-0.3, -0.25) is 33.8 Å². The van der Waals surface area contributed by atoms with E-state index >= 15 is 14.4 Å². The summed E-state index contributed by atoms with van der Waals surface area (Å²) in [6.07, 6.45) is 1.63. The van der Waals surface area contributed by atoms with Gasteiger partial charge < -0.3 is 31.5 Å². The van der Waals surface area contributed by atoms with Gasteiger partial charge in [-0.25, -0.2) is 18.2 Å². The highest BCUT2D eigenvalue weighted by molar-refractivity contribution is 5.97. The van der Waals surface area contributed by atoms with Gasteiger partial charge in [-0.1, -0.05) is 136 Å². The first kappa shape index (κ1) is 56.6. The fourth-order valence-electron chi connectivity index (χ4n) is 11.3. The average molecular weight is 1070 g/mol. The molecule has 5 N–H and O–H groups in total. The van der Waals surface area contributed by atoms with Crippen molar-refractivity contribution in [2.24, 2.45) is 17.4 Å². The van der Waals surface area contributed by atoms with E-state index in [9.17, 15) is 27.6 Å². The van der Waals surface area contributed by atoms with E-state index in [1.807, 2.05) is 98.8 Å². The minimum atomic E-state index is -1.47. The molecule has 6 aromatic carbocycles. The number of carbonyl (C=O) groups excluding carboxylic acids is 6. The Morgan fingerprint density at radius 2 is 1.10 bits per heavy atom. The van der Waals surface area contributed by atoms with E-state index in [0.717, 1.165) is 27.1 Å². The molecule has 0 aromatic heterocycles. The van der Waals surface area contributed by atoms with Gasteiger partial charge in [-0.2, -0.15) is 0 Å². The van der Waals surface area contributed by atoms with E-state index in [4.69, 9.17) is 11.5 Å². The van der Waals surface area contributed by atoms with Crippen molar-refractivity contribution in [1.29, 1.82) is 0 Å². The second-order valence-corrected chi connectivity index (χ2v) is 20.5. The third kappa shape index (κ3) is 12.7. The minimum absolute atomic E-state index is 0.00489. The number of fused-ring (bicyclic) bond motifs is 2. The number of halogens is 3. The van der Waals surface area contributed by atoms with Gasteiger partial charge in [0, 0.05) is 39.1 Å². The largest absolute Gasteiger partial charge is 0.352 e. The lowest BCUT2D eigenvalue weighted by Crippen LogP contribution is -2.67. The fraction of sp³-hybridized carbons (Fsp3) is 0.377. The van der Waals surface area contributed by atoms with E-state index in [1.165, 1.54) is 56.0 Å². The maximum atomic E-state index is 16.1. The first-order valence-corrected chi connectivity index (χ1v) is 26.9. The van der Waals surface area contributed by atoms with Gasteiger partial charge in [0.05, 0.1) is 24.5 Å². The summed E-state index contributed by atoms with van der Waals surface area (Å²) < 4.78 is 41.8. The van der Waals surface area contributed by atoms with Crippen molar-refractivity contribution in [3.8, 4) is 0 Å². The summed E-state index contributed by atoms with van der Waals surface area (Å²) >= 11 is 0. The number of hydrogen-bond acceptors (Lipinski definition) is 8. The Balaban J connectivity index is 1.21. The number of amides is 6. The molecule has 14 nitrogen and oxygen atoms in total.